The Morgan fingerprint density at radius 2 is 2.31 bits per heavy atom. The molecule has 1 unspecified atom stereocenters. The molecular formula is C12H10BrNOS. The first-order valence-corrected chi connectivity index (χ1v) is 6.58. The minimum atomic E-state index is -0.459. The largest absolute Gasteiger partial charge is 0.293 e. The topological polar surface area (TPSA) is 40.9 Å². The average molecular weight is 296 g/mol. The molecule has 0 fully saturated rings. The van der Waals surface area contributed by atoms with E-state index in [1.54, 1.807) is 11.8 Å². The minimum Gasteiger partial charge on any atom is -0.293 e. The number of rotatable bonds is 2. The van der Waals surface area contributed by atoms with Crippen molar-refractivity contribution in [1.82, 2.24) is 0 Å². The molecule has 1 aromatic rings. The third-order valence-corrected chi connectivity index (χ3v) is 4.62. The maximum atomic E-state index is 12.2. The standard InChI is InChI=1S/C12H10BrNOS/c1-12(5-2-6-14)11(15)9-7-8(13)3-4-10(9)16-12/h3-4,7H,2,5H2,1H3. The Balaban J connectivity index is 2.34. The van der Waals surface area contributed by atoms with Crippen molar-refractivity contribution in [2.75, 3.05) is 0 Å². The zero-order valence-corrected chi connectivity index (χ0v) is 11.2. The number of Topliss-reactive ketones (excluding diaryl/α,β-unsaturated/α-hetero) is 1. The van der Waals surface area contributed by atoms with E-state index in [-0.39, 0.29) is 5.78 Å². The lowest BCUT2D eigenvalue weighted by Crippen LogP contribution is -2.26. The molecule has 0 bridgehead atoms. The summed E-state index contributed by atoms with van der Waals surface area (Å²) in [4.78, 5) is 13.2. The molecule has 0 N–H and O–H groups in total. The lowest BCUT2D eigenvalue weighted by molar-refractivity contribution is 0.0950. The molecule has 0 radical (unpaired) electrons. The maximum Gasteiger partial charge on any atom is 0.180 e. The Kier molecular flexibility index (Phi) is 3.09. The molecule has 1 aliphatic heterocycles. The molecule has 0 spiro atoms. The summed E-state index contributed by atoms with van der Waals surface area (Å²) >= 11 is 4.94. The Morgan fingerprint density at radius 3 is 3.00 bits per heavy atom. The summed E-state index contributed by atoms with van der Waals surface area (Å²) in [6, 6.07) is 7.86. The van der Waals surface area contributed by atoms with Crippen LogP contribution in [-0.2, 0) is 0 Å². The fraction of sp³-hybridized carbons (Fsp3) is 0.333. The highest BCUT2D eigenvalue weighted by Crippen LogP contribution is 2.47. The van der Waals surface area contributed by atoms with Crippen LogP contribution in [0.2, 0.25) is 0 Å². The van der Waals surface area contributed by atoms with Gasteiger partial charge in [-0.3, -0.25) is 4.79 Å². The fourth-order valence-corrected chi connectivity index (χ4v) is 3.45. The summed E-state index contributed by atoms with van der Waals surface area (Å²) < 4.78 is 0.462. The minimum absolute atomic E-state index is 0.143. The second-order valence-electron chi connectivity index (χ2n) is 3.96. The fourth-order valence-electron chi connectivity index (χ4n) is 1.80. The highest BCUT2D eigenvalue weighted by atomic mass is 79.9. The lowest BCUT2D eigenvalue weighted by atomic mass is 9.95. The van der Waals surface area contributed by atoms with Crippen molar-refractivity contribution < 1.29 is 4.79 Å². The van der Waals surface area contributed by atoms with Crippen LogP contribution in [0.5, 0.6) is 0 Å². The van der Waals surface area contributed by atoms with E-state index in [4.69, 9.17) is 5.26 Å². The molecule has 4 heteroatoms. The number of halogens is 1. The van der Waals surface area contributed by atoms with Crippen LogP contribution >= 0.6 is 27.7 Å². The van der Waals surface area contributed by atoms with Crippen molar-refractivity contribution in [3.05, 3.63) is 28.2 Å². The van der Waals surface area contributed by atoms with E-state index in [2.05, 4.69) is 22.0 Å². The predicted octanol–water partition coefficient (Wildman–Crippen LogP) is 3.80. The number of ketones is 1. The van der Waals surface area contributed by atoms with Gasteiger partial charge in [0.05, 0.1) is 10.8 Å². The Bertz CT molecular complexity index is 494. The predicted molar refractivity (Wildman–Crippen MR) is 67.6 cm³/mol. The first-order chi connectivity index (χ1) is 7.57. The van der Waals surface area contributed by atoms with Crippen molar-refractivity contribution in [1.29, 1.82) is 5.26 Å². The van der Waals surface area contributed by atoms with E-state index in [9.17, 15) is 4.79 Å². The molecule has 1 aliphatic rings. The van der Waals surface area contributed by atoms with Gasteiger partial charge in [-0.15, -0.1) is 11.8 Å². The van der Waals surface area contributed by atoms with Gasteiger partial charge in [-0.25, -0.2) is 0 Å². The van der Waals surface area contributed by atoms with Gasteiger partial charge >= 0.3 is 0 Å². The maximum absolute atomic E-state index is 12.2. The number of benzene rings is 1. The van der Waals surface area contributed by atoms with Crippen LogP contribution in [0.4, 0.5) is 0 Å². The van der Waals surface area contributed by atoms with Gasteiger partial charge in [0.25, 0.3) is 0 Å². The van der Waals surface area contributed by atoms with Crippen molar-refractivity contribution in [2.45, 2.75) is 29.4 Å². The van der Waals surface area contributed by atoms with Crippen LogP contribution < -0.4 is 0 Å². The van der Waals surface area contributed by atoms with Gasteiger partial charge in [-0.1, -0.05) is 15.9 Å². The van der Waals surface area contributed by atoms with Gasteiger partial charge in [0, 0.05) is 21.4 Å². The van der Waals surface area contributed by atoms with E-state index >= 15 is 0 Å². The van der Waals surface area contributed by atoms with Crippen LogP contribution in [0.1, 0.15) is 30.1 Å². The number of fused-ring (bicyclic) bond motifs is 1. The van der Waals surface area contributed by atoms with E-state index in [1.807, 2.05) is 25.1 Å². The number of carbonyl (C=O) groups excluding carboxylic acids is 1. The second-order valence-corrected chi connectivity index (χ2v) is 6.42. The number of hydrogen-bond donors (Lipinski definition) is 0. The Morgan fingerprint density at radius 1 is 1.56 bits per heavy atom. The molecule has 2 nitrogen and oxygen atoms in total. The lowest BCUT2D eigenvalue weighted by Gasteiger charge is -2.18. The van der Waals surface area contributed by atoms with Crippen LogP contribution in [0.3, 0.4) is 0 Å². The first-order valence-electron chi connectivity index (χ1n) is 4.97. The second kappa shape index (κ2) is 4.23. The van der Waals surface area contributed by atoms with E-state index in [0.29, 0.717) is 12.8 Å². The van der Waals surface area contributed by atoms with Crippen molar-refractivity contribution in [3.8, 4) is 6.07 Å². The zero-order chi connectivity index (χ0) is 11.8. The third kappa shape index (κ3) is 1.90. The monoisotopic (exact) mass is 295 g/mol. The number of nitriles is 1. The molecule has 2 rings (SSSR count). The smallest absolute Gasteiger partial charge is 0.180 e. The van der Waals surface area contributed by atoms with Crippen molar-refractivity contribution in [3.63, 3.8) is 0 Å². The highest BCUT2D eigenvalue weighted by molar-refractivity contribution is 9.10. The number of nitrogens with zero attached hydrogens (tertiary/aromatic N) is 1. The molecule has 0 aliphatic carbocycles. The molecule has 1 heterocycles. The summed E-state index contributed by atoms with van der Waals surface area (Å²) in [7, 11) is 0. The van der Waals surface area contributed by atoms with Gasteiger partial charge in [-0.2, -0.15) is 5.26 Å². The Hall–Kier alpha value is -0.790. The van der Waals surface area contributed by atoms with E-state index in [1.165, 1.54) is 0 Å². The van der Waals surface area contributed by atoms with Crippen LogP contribution in [-0.4, -0.2) is 10.5 Å². The molecular weight excluding hydrogens is 286 g/mol. The SMILES string of the molecule is CC1(CCC#N)Sc2ccc(Br)cc2C1=O. The molecule has 0 saturated heterocycles. The van der Waals surface area contributed by atoms with Gasteiger partial charge in [0.15, 0.2) is 5.78 Å². The van der Waals surface area contributed by atoms with Gasteiger partial charge in [0.1, 0.15) is 0 Å². The van der Waals surface area contributed by atoms with Gasteiger partial charge in [0.2, 0.25) is 0 Å². The number of hydrogen-bond acceptors (Lipinski definition) is 3. The average Bonchev–Trinajstić information content (AvgIpc) is 2.50. The van der Waals surface area contributed by atoms with Gasteiger partial charge < -0.3 is 0 Å². The summed E-state index contributed by atoms with van der Waals surface area (Å²) in [5.74, 6) is 0.143. The molecule has 82 valence electrons. The van der Waals surface area contributed by atoms with Crippen molar-refractivity contribution in [2.24, 2.45) is 0 Å². The normalized spacial score (nSPS) is 22.9. The van der Waals surface area contributed by atoms with Gasteiger partial charge in [-0.05, 0) is 31.5 Å². The number of carbonyl (C=O) groups is 1. The Labute approximate surface area is 107 Å². The first kappa shape index (κ1) is 11.7. The quantitative estimate of drug-likeness (QED) is 0.833. The zero-order valence-electron chi connectivity index (χ0n) is 8.79. The molecule has 0 saturated carbocycles. The highest BCUT2D eigenvalue weighted by Gasteiger charge is 2.42. The van der Waals surface area contributed by atoms with E-state index in [0.717, 1.165) is 14.9 Å². The summed E-state index contributed by atoms with van der Waals surface area (Å²) in [5.41, 5.74) is 0.778. The molecule has 1 atom stereocenters. The summed E-state index contributed by atoms with van der Waals surface area (Å²) in [6.45, 7) is 1.92. The third-order valence-electron chi connectivity index (χ3n) is 2.72. The van der Waals surface area contributed by atoms with E-state index < -0.39 is 4.75 Å². The van der Waals surface area contributed by atoms with Crippen LogP contribution in [0.25, 0.3) is 0 Å². The van der Waals surface area contributed by atoms with Crippen molar-refractivity contribution >= 4 is 33.5 Å². The number of thioether (sulfide) groups is 1. The molecule has 1 aromatic carbocycles. The van der Waals surface area contributed by atoms with Crippen LogP contribution in [0.15, 0.2) is 27.6 Å². The summed E-state index contributed by atoms with van der Waals surface area (Å²) in [5, 5.41) is 8.61. The van der Waals surface area contributed by atoms with Crippen LogP contribution in [0, 0.1) is 11.3 Å². The molecule has 16 heavy (non-hydrogen) atoms. The molecule has 0 aromatic heterocycles. The summed E-state index contributed by atoms with van der Waals surface area (Å²) in [6.07, 6.45) is 1.03. The molecule has 0 amide bonds.